The number of benzene rings is 2. The van der Waals surface area contributed by atoms with Crippen molar-refractivity contribution in [3.8, 4) is 11.4 Å². The van der Waals surface area contributed by atoms with E-state index in [1.807, 2.05) is 42.5 Å². The Balaban J connectivity index is 1.48. The van der Waals surface area contributed by atoms with E-state index >= 15 is 0 Å². The molecule has 134 valence electrons. The van der Waals surface area contributed by atoms with E-state index in [0.29, 0.717) is 30.5 Å². The average molecular weight is 353 g/mol. The summed E-state index contributed by atoms with van der Waals surface area (Å²) in [5.74, 6) is 1.10. The average Bonchev–Trinajstić information content (AvgIpc) is 3.15. The van der Waals surface area contributed by atoms with E-state index in [-0.39, 0.29) is 6.03 Å². The van der Waals surface area contributed by atoms with Crippen molar-refractivity contribution in [2.24, 2.45) is 0 Å². The number of nitrogens with one attached hydrogen (secondary N) is 3. The Morgan fingerprint density at radius 3 is 2.65 bits per heavy atom. The molecule has 0 fully saturated rings. The summed E-state index contributed by atoms with van der Waals surface area (Å²) < 4.78 is 6.79. The summed E-state index contributed by atoms with van der Waals surface area (Å²) in [6.45, 7) is 0.856. The first-order valence-electron chi connectivity index (χ1n) is 8.03. The van der Waals surface area contributed by atoms with Crippen LogP contribution in [0.2, 0.25) is 0 Å². The molecule has 0 aliphatic heterocycles. The molecule has 1 aromatic heterocycles. The second-order valence-corrected chi connectivity index (χ2v) is 5.26. The molecule has 26 heavy (non-hydrogen) atoms. The number of methoxy groups -OCH3 is 1. The van der Waals surface area contributed by atoms with Gasteiger partial charge in [0, 0.05) is 13.1 Å². The third-order valence-electron chi connectivity index (χ3n) is 3.52. The molecule has 2 amide bonds. The van der Waals surface area contributed by atoms with Crippen LogP contribution in [-0.2, 0) is 0 Å². The van der Waals surface area contributed by atoms with Crippen molar-refractivity contribution in [3.05, 3.63) is 54.6 Å². The van der Waals surface area contributed by atoms with Crippen molar-refractivity contribution in [2.45, 2.75) is 0 Å². The third kappa shape index (κ3) is 4.26. The summed E-state index contributed by atoms with van der Waals surface area (Å²) in [7, 11) is 1.55. The molecule has 1 heterocycles. The highest BCUT2D eigenvalue weighted by Gasteiger charge is 2.08. The van der Waals surface area contributed by atoms with Crippen molar-refractivity contribution >= 4 is 17.7 Å². The van der Waals surface area contributed by atoms with Gasteiger partial charge >= 0.3 is 6.03 Å². The number of ether oxygens (including phenoxy) is 1. The maximum absolute atomic E-state index is 12.0. The summed E-state index contributed by atoms with van der Waals surface area (Å²) in [5, 5.41) is 20.2. The van der Waals surface area contributed by atoms with Crippen LogP contribution in [0.1, 0.15) is 0 Å². The molecule has 0 spiro atoms. The minimum atomic E-state index is -0.320. The maximum Gasteiger partial charge on any atom is 0.319 e. The van der Waals surface area contributed by atoms with E-state index in [4.69, 9.17) is 4.74 Å². The lowest BCUT2D eigenvalue weighted by Gasteiger charge is -2.11. The Bertz CT molecular complexity index is 851. The van der Waals surface area contributed by atoms with Gasteiger partial charge in [0.25, 0.3) is 0 Å². The van der Waals surface area contributed by atoms with Gasteiger partial charge in [0.15, 0.2) is 0 Å². The smallest absolute Gasteiger partial charge is 0.319 e. The molecule has 0 unspecified atom stereocenters. The Labute approximate surface area is 150 Å². The molecule has 3 N–H and O–H groups in total. The number of aromatic nitrogens is 4. The van der Waals surface area contributed by atoms with Gasteiger partial charge in [-0.25, -0.2) is 4.79 Å². The number of anilines is 2. The van der Waals surface area contributed by atoms with Gasteiger partial charge in [-0.05, 0) is 34.7 Å². The van der Waals surface area contributed by atoms with E-state index in [1.54, 1.807) is 23.9 Å². The highest BCUT2D eigenvalue weighted by atomic mass is 16.5. The number of tetrazole rings is 1. The van der Waals surface area contributed by atoms with Crippen LogP contribution in [0.25, 0.3) is 5.69 Å². The Kier molecular flexibility index (Phi) is 5.61. The van der Waals surface area contributed by atoms with Gasteiger partial charge in [-0.15, -0.1) is 0 Å². The lowest BCUT2D eigenvalue weighted by Crippen LogP contribution is -2.33. The van der Waals surface area contributed by atoms with E-state index in [2.05, 4.69) is 31.5 Å². The first-order chi connectivity index (χ1) is 12.8. The lowest BCUT2D eigenvalue weighted by molar-refractivity contribution is 0.252. The lowest BCUT2D eigenvalue weighted by atomic mass is 10.3. The van der Waals surface area contributed by atoms with Crippen LogP contribution < -0.4 is 20.7 Å². The normalized spacial score (nSPS) is 10.2. The van der Waals surface area contributed by atoms with E-state index < -0.39 is 0 Å². The minimum Gasteiger partial charge on any atom is -0.495 e. The van der Waals surface area contributed by atoms with E-state index in [9.17, 15) is 4.79 Å². The molecule has 0 aliphatic rings. The van der Waals surface area contributed by atoms with Crippen LogP contribution >= 0.6 is 0 Å². The Hall–Kier alpha value is -3.62. The topological polar surface area (TPSA) is 106 Å². The van der Waals surface area contributed by atoms with Crippen LogP contribution in [0.15, 0.2) is 54.6 Å². The van der Waals surface area contributed by atoms with E-state index in [0.717, 1.165) is 5.69 Å². The van der Waals surface area contributed by atoms with Gasteiger partial charge in [-0.2, -0.15) is 4.68 Å². The van der Waals surface area contributed by atoms with Gasteiger partial charge < -0.3 is 20.7 Å². The third-order valence-corrected chi connectivity index (χ3v) is 3.52. The summed E-state index contributed by atoms with van der Waals surface area (Å²) >= 11 is 0. The van der Waals surface area contributed by atoms with Crippen LogP contribution in [0, 0.1) is 0 Å². The molecule has 0 saturated heterocycles. The summed E-state index contributed by atoms with van der Waals surface area (Å²) in [6, 6.07) is 16.4. The predicted octanol–water partition coefficient (Wildman–Crippen LogP) is 1.90. The zero-order valence-electron chi connectivity index (χ0n) is 14.2. The van der Waals surface area contributed by atoms with Crippen LogP contribution in [0.5, 0.6) is 5.75 Å². The minimum absolute atomic E-state index is 0.320. The maximum atomic E-state index is 12.0. The van der Waals surface area contributed by atoms with Gasteiger partial charge in [-0.3, -0.25) is 0 Å². The molecule has 2 aromatic carbocycles. The largest absolute Gasteiger partial charge is 0.495 e. The fourth-order valence-corrected chi connectivity index (χ4v) is 2.31. The summed E-state index contributed by atoms with van der Waals surface area (Å²) in [6.07, 6.45) is 0. The molecule has 9 nitrogen and oxygen atoms in total. The molecule has 0 aliphatic carbocycles. The van der Waals surface area contributed by atoms with Crippen molar-refractivity contribution in [2.75, 3.05) is 30.8 Å². The van der Waals surface area contributed by atoms with Crippen LogP contribution in [-0.4, -0.2) is 46.4 Å². The Morgan fingerprint density at radius 2 is 1.85 bits per heavy atom. The van der Waals surface area contributed by atoms with Crippen molar-refractivity contribution < 1.29 is 9.53 Å². The highest BCUT2D eigenvalue weighted by Crippen LogP contribution is 2.22. The Morgan fingerprint density at radius 1 is 1.08 bits per heavy atom. The van der Waals surface area contributed by atoms with Crippen LogP contribution in [0.3, 0.4) is 0 Å². The first kappa shape index (κ1) is 17.2. The number of carbonyl (C=O) groups excluding carboxylic acids is 1. The molecule has 9 heteroatoms. The molecule has 0 saturated carbocycles. The number of rotatable bonds is 7. The highest BCUT2D eigenvalue weighted by molar-refractivity contribution is 5.90. The number of urea groups is 1. The number of hydrogen-bond donors (Lipinski definition) is 3. The van der Waals surface area contributed by atoms with Crippen molar-refractivity contribution in [3.63, 3.8) is 0 Å². The SMILES string of the molecule is COc1ccccc1NC(=O)NCCNc1nnnn1-c1ccccc1. The molecule has 0 radical (unpaired) electrons. The van der Waals surface area contributed by atoms with Gasteiger partial charge in [0.1, 0.15) is 5.75 Å². The summed E-state index contributed by atoms with van der Waals surface area (Å²) in [4.78, 5) is 12.0. The van der Waals surface area contributed by atoms with Gasteiger partial charge in [0.2, 0.25) is 5.95 Å². The molecule has 0 atom stereocenters. The molecular formula is C17H19N7O2. The zero-order chi connectivity index (χ0) is 18.2. The number of hydrogen-bond acceptors (Lipinski definition) is 6. The fraction of sp³-hybridized carbons (Fsp3) is 0.176. The van der Waals surface area contributed by atoms with E-state index in [1.165, 1.54) is 0 Å². The van der Waals surface area contributed by atoms with Crippen molar-refractivity contribution in [1.29, 1.82) is 0 Å². The van der Waals surface area contributed by atoms with Crippen molar-refractivity contribution in [1.82, 2.24) is 25.5 Å². The number of nitrogens with zero attached hydrogens (tertiary/aromatic N) is 4. The molecule has 3 rings (SSSR count). The molecule has 3 aromatic rings. The second kappa shape index (κ2) is 8.47. The summed E-state index contributed by atoms with van der Waals surface area (Å²) in [5.41, 5.74) is 1.45. The zero-order valence-corrected chi connectivity index (χ0v) is 14.2. The number of para-hydroxylation sites is 3. The monoisotopic (exact) mass is 353 g/mol. The predicted molar refractivity (Wildman–Crippen MR) is 97.7 cm³/mol. The van der Waals surface area contributed by atoms with Gasteiger partial charge in [-0.1, -0.05) is 35.4 Å². The molecule has 0 bridgehead atoms. The number of carbonyl (C=O) groups is 1. The van der Waals surface area contributed by atoms with Crippen LogP contribution in [0.4, 0.5) is 16.4 Å². The quantitative estimate of drug-likeness (QED) is 0.560. The fourth-order valence-electron chi connectivity index (χ4n) is 2.31. The second-order valence-electron chi connectivity index (χ2n) is 5.26. The first-order valence-corrected chi connectivity index (χ1v) is 8.03. The molecular weight excluding hydrogens is 334 g/mol. The number of amides is 2. The standard InChI is InChI=1S/C17H19N7O2/c1-26-15-10-6-5-9-14(15)20-17(25)19-12-11-18-16-21-22-23-24(16)13-7-3-2-4-8-13/h2-10H,11-12H2,1H3,(H,18,21,23)(H2,19,20,25). The van der Waals surface area contributed by atoms with Gasteiger partial charge in [0.05, 0.1) is 18.5 Å².